The number of amides is 2. The molecule has 0 radical (unpaired) electrons. The van der Waals surface area contributed by atoms with E-state index >= 15 is 0 Å². The minimum Gasteiger partial charge on any atom is -0.468 e. The van der Waals surface area contributed by atoms with Crippen molar-refractivity contribution >= 4 is 35.1 Å². The summed E-state index contributed by atoms with van der Waals surface area (Å²) in [7, 11) is 2.50. The number of aromatic nitrogens is 2. The first kappa shape index (κ1) is 39.2. The SMILES string of the molecule is COC(=O)[C@@H](CO)NCc1cnc(C(=O)Nc2cccc(-c3cccc(NC(=O)c4cc(C)c(CN[C@H](CO)C(=O)OC)cn4)c3C)c2C)cc1C. The molecule has 2 amide bonds. The number of aliphatic hydroxyl groups is 2. The van der Waals surface area contributed by atoms with Gasteiger partial charge in [-0.1, -0.05) is 24.3 Å². The molecular formula is C38H44N6O8. The molecule has 2 atom stereocenters. The second kappa shape index (κ2) is 18.1. The van der Waals surface area contributed by atoms with Crippen molar-refractivity contribution in [2.45, 2.75) is 52.9 Å². The number of hydrogen-bond acceptors (Lipinski definition) is 12. The molecule has 2 aromatic carbocycles. The summed E-state index contributed by atoms with van der Waals surface area (Å²) in [4.78, 5) is 58.8. The lowest BCUT2D eigenvalue weighted by atomic mass is 9.94. The fraction of sp³-hybridized carbons (Fsp3) is 0.316. The Bertz CT molecular complexity index is 1810. The van der Waals surface area contributed by atoms with E-state index in [-0.39, 0.29) is 24.5 Å². The van der Waals surface area contributed by atoms with Gasteiger partial charge in [0.15, 0.2) is 0 Å². The van der Waals surface area contributed by atoms with E-state index in [2.05, 4.69) is 40.7 Å². The number of carbonyl (C=O) groups excluding carboxylic acids is 4. The number of rotatable bonds is 15. The van der Waals surface area contributed by atoms with Gasteiger partial charge in [0, 0.05) is 36.9 Å². The van der Waals surface area contributed by atoms with Crippen LogP contribution in [0.3, 0.4) is 0 Å². The zero-order valence-electron chi connectivity index (χ0n) is 30.0. The van der Waals surface area contributed by atoms with Gasteiger partial charge >= 0.3 is 11.9 Å². The number of aliphatic hydroxyl groups excluding tert-OH is 2. The molecule has 0 fully saturated rings. The summed E-state index contributed by atoms with van der Waals surface area (Å²) in [5.41, 5.74) is 8.02. The summed E-state index contributed by atoms with van der Waals surface area (Å²) in [6, 6.07) is 12.7. The fourth-order valence-electron chi connectivity index (χ4n) is 5.48. The predicted octanol–water partition coefficient (Wildman–Crippen LogP) is 3.13. The van der Waals surface area contributed by atoms with E-state index in [0.717, 1.165) is 44.5 Å². The van der Waals surface area contributed by atoms with E-state index in [1.165, 1.54) is 14.2 Å². The van der Waals surface area contributed by atoms with E-state index in [1.54, 1.807) is 36.7 Å². The number of ether oxygens (including phenoxy) is 2. The van der Waals surface area contributed by atoms with Gasteiger partial charge < -0.3 is 30.3 Å². The second-order valence-corrected chi connectivity index (χ2v) is 12.1. The largest absolute Gasteiger partial charge is 0.468 e. The third-order valence-electron chi connectivity index (χ3n) is 8.77. The van der Waals surface area contributed by atoms with Crippen LogP contribution in [0.4, 0.5) is 11.4 Å². The highest BCUT2D eigenvalue weighted by atomic mass is 16.5. The maximum absolute atomic E-state index is 13.3. The molecule has 4 rings (SSSR count). The van der Waals surface area contributed by atoms with Crippen LogP contribution in [0.25, 0.3) is 11.1 Å². The maximum atomic E-state index is 13.3. The first-order chi connectivity index (χ1) is 24.9. The molecule has 14 heteroatoms. The Morgan fingerprint density at radius 3 is 1.37 bits per heavy atom. The summed E-state index contributed by atoms with van der Waals surface area (Å²) in [6.45, 7) is 7.11. The fourth-order valence-corrected chi connectivity index (χ4v) is 5.48. The van der Waals surface area contributed by atoms with Gasteiger partial charge in [-0.15, -0.1) is 0 Å². The van der Waals surface area contributed by atoms with Gasteiger partial charge in [-0.3, -0.25) is 39.8 Å². The average molecular weight is 713 g/mol. The van der Waals surface area contributed by atoms with Crippen LogP contribution >= 0.6 is 0 Å². The van der Waals surface area contributed by atoms with Crippen molar-refractivity contribution in [2.75, 3.05) is 38.1 Å². The molecule has 4 aromatic rings. The number of methoxy groups -OCH3 is 2. The maximum Gasteiger partial charge on any atom is 0.325 e. The molecule has 2 heterocycles. The topological polar surface area (TPSA) is 201 Å². The number of benzene rings is 2. The van der Waals surface area contributed by atoms with Crippen molar-refractivity contribution in [1.29, 1.82) is 0 Å². The number of nitrogens with zero attached hydrogens (tertiary/aromatic N) is 2. The lowest BCUT2D eigenvalue weighted by Crippen LogP contribution is -2.40. The molecule has 14 nitrogen and oxygen atoms in total. The molecule has 0 aliphatic heterocycles. The molecule has 52 heavy (non-hydrogen) atoms. The highest BCUT2D eigenvalue weighted by molar-refractivity contribution is 6.05. The van der Waals surface area contributed by atoms with Crippen molar-refractivity contribution in [3.8, 4) is 11.1 Å². The van der Waals surface area contributed by atoms with Gasteiger partial charge in [0.1, 0.15) is 23.5 Å². The Balaban J connectivity index is 1.46. The molecule has 0 spiro atoms. The van der Waals surface area contributed by atoms with E-state index in [1.807, 2.05) is 52.0 Å². The molecule has 274 valence electrons. The van der Waals surface area contributed by atoms with Crippen molar-refractivity contribution in [1.82, 2.24) is 20.6 Å². The normalized spacial score (nSPS) is 12.1. The third kappa shape index (κ3) is 9.41. The van der Waals surface area contributed by atoms with Crippen LogP contribution in [0, 0.1) is 27.7 Å². The molecule has 0 aliphatic carbocycles. The lowest BCUT2D eigenvalue weighted by molar-refractivity contribution is -0.145. The quantitative estimate of drug-likeness (QED) is 0.0986. The number of esters is 2. The smallest absolute Gasteiger partial charge is 0.325 e. The summed E-state index contributed by atoms with van der Waals surface area (Å²) in [6.07, 6.45) is 3.11. The van der Waals surface area contributed by atoms with Gasteiger partial charge in [-0.2, -0.15) is 0 Å². The molecule has 0 aliphatic rings. The summed E-state index contributed by atoms with van der Waals surface area (Å²) >= 11 is 0. The summed E-state index contributed by atoms with van der Waals surface area (Å²) < 4.78 is 9.36. The van der Waals surface area contributed by atoms with Crippen LogP contribution in [-0.2, 0) is 32.2 Å². The predicted molar refractivity (Wildman–Crippen MR) is 195 cm³/mol. The number of anilines is 2. The first-order valence-electron chi connectivity index (χ1n) is 16.5. The number of nitrogens with one attached hydrogen (secondary N) is 4. The van der Waals surface area contributed by atoms with E-state index < -0.39 is 49.1 Å². The van der Waals surface area contributed by atoms with E-state index in [9.17, 15) is 29.4 Å². The van der Waals surface area contributed by atoms with Crippen LogP contribution < -0.4 is 21.3 Å². The van der Waals surface area contributed by atoms with Crippen LogP contribution in [0.15, 0.2) is 60.9 Å². The summed E-state index contributed by atoms with van der Waals surface area (Å²) in [5, 5.41) is 30.7. The first-order valence-corrected chi connectivity index (χ1v) is 16.5. The van der Waals surface area contributed by atoms with Gasteiger partial charge in [0.05, 0.1) is 27.4 Å². The Morgan fingerprint density at radius 2 is 1.04 bits per heavy atom. The molecule has 2 aromatic heterocycles. The highest BCUT2D eigenvalue weighted by Crippen LogP contribution is 2.34. The Kier molecular flexibility index (Phi) is 13.7. The van der Waals surface area contributed by atoms with E-state index in [4.69, 9.17) is 0 Å². The monoisotopic (exact) mass is 712 g/mol. The molecule has 0 saturated heterocycles. The van der Waals surface area contributed by atoms with Crippen LogP contribution in [0.1, 0.15) is 54.4 Å². The number of aryl methyl sites for hydroxylation is 2. The molecule has 0 saturated carbocycles. The van der Waals surface area contributed by atoms with Crippen molar-refractivity contribution < 1.29 is 38.9 Å². The number of pyridine rings is 2. The number of hydrogen-bond donors (Lipinski definition) is 6. The van der Waals surface area contributed by atoms with Gasteiger partial charge in [0.25, 0.3) is 11.8 Å². The van der Waals surface area contributed by atoms with Gasteiger partial charge in [-0.05, 0) is 96.5 Å². The molecule has 0 unspecified atom stereocenters. The molecule has 6 N–H and O–H groups in total. The van der Waals surface area contributed by atoms with Crippen LogP contribution in [0.2, 0.25) is 0 Å². The van der Waals surface area contributed by atoms with Crippen molar-refractivity contribution in [3.63, 3.8) is 0 Å². The molecule has 0 bridgehead atoms. The van der Waals surface area contributed by atoms with Crippen LogP contribution in [0.5, 0.6) is 0 Å². The number of carbonyl (C=O) groups is 4. The highest BCUT2D eigenvalue weighted by Gasteiger charge is 2.20. The van der Waals surface area contributed by atoms with Crippen molar-refractivity contribution in [3.05, 3.63) is 106 Å². The zero-order valence-corrected chi connectivity index (χ0v) is 30.0. The van der Waals surface area contributed by atoms with Gasteiger partial charge in [0.2, 0.25) is 0 Å². The Morgan fingerprint density at radius 1 is 0.654 bits per heavy atom. The molecular weight excluding hydrogens is 668 g/mol. The standard InChI is InChI=1S/C38H44N6O8/c1-21-13-31(39-15-25(21)17-41-33(19-45)37(49)51-5)35(47)43-29-11-7-9-27(23(29)3)28-10-8-12-30(24(28)4)44-36(48)32-14-22(2)26(16-40-32)18-42-34(20-46)38(50)52-6/h7-16,33-34,41-42,45-46H,17-20H2,1-6H3,(H,43,47)(H,44,48)/t33-,34-/m1/s1. The van der Waals surface area contributed by atoms with E-state index in [0.29, 0.717) is 11.4 Å². The van der Waals surface area contributed by atoms with Gasteiger partial charge in [-0.25, -0.2) is 0 Å². The second-order valence-electron chi connectivity index (χ2n) is 12.1. The Labute approximate surface area is 302 Å². The van der Waals surface area contributed by atoms with Crippen molar-refractivity contribution in [2.24, 2.45) is 0 Å². The lowest BCUT2D eigenvalue weighted by Gasteiger charge is -2.17. The zero-order chi connectivity index (χ0) is 37.9. The summed E-state index contributed by atoms with van der Waals surface area (Å²) in [5.74, 6) is -1.95. The minimum absolute atomic E-state index is 0.210. The van der Waals surface area contributed by atoms with Crippen LogP contribution in [-0.4, -0.2) is 83.5 Å². The third-order valence-corrected chi connectivity index (χ3v) is 8.77. The average Bonchev–Trinajstić information content (AvgIpc) is 3.14. The minimum atomic E-state index is -0.875. The Hall–Kier alpha value is -5.54.